The van der Waals surface area contributed by atoms with Crippen LogP contribution in [0, 0.1) is 0 Å². The van der Waals surface area contributed by atoms with Gasteiger partial charge < -0.3 is 14.6 Å². The minimum Gasteiger partial charge on any atom is -0.869 e. The molecule has 2 unspecified atom stereocenters. The maximum atomic E-state index is 13.1. The third kappa shape index (κ3) is 1.70. The SMILES string of the molecule is COc1c([O-])c2c3c(c1OC)C=C[NH+](C)C3C(=O)c1ccccc1-2. The van der Waals surface area contributed by atoms with Crippen LogP contribution < -0.4 is 19.5 Å². The zero-order chi connectivity index (χ0) is 17.0. The Morgan fingerprint density at radius 2 is 1.75 bits per heavy atom. The molecular formula is C19H17NO4. The predicted molar refractivity (Wildman–Crippen MR) is 87.4 cm³/mol. The number of methoxy groups -OCH3 is 2. The lowest BCUT2D eigenvalue weighted by molar-refractivity contribution is -0.848. The number of benzene rings is 2. The summed E-state index contributed by atoms with van der Waals surface area (Å²) < 4.78 is 10.8. The molecule has 1 N–H and O–H groups in total. The number of nitrogens with one attached hydrogen (secondary N) is 1. The number of likely N-dealkylation sites (N-methyl/N-ethyl adjacent to an activating group) is 1. The molecule has 0 saturated carbocycles. The van der Waals surface area contributed by atoms with E-state index in [1.807, 2.05) is 37.5 Å². The molecule has 4 rings (SSSR count). The van der Waals surface area contributed by atoms with E-state index in [1.165, 1.54) is 14.2 Å². The van der Waals surface area contributed by atoms with Crippen LogP contribution in [-0.2, 0) is 0 Å². The van der Waals surface area contributed by atoms with E-state index >= 15 is 0 Å². The van der Waals surface area contributed by atoms with E-state index in [1.54, 1.807) is 6.07 Å². The minimum atomic E-state index is -0.442. The molecule has 1 aliphatic heterocycles. The number of ether oxygens (including phenoxy) is 2. The van der Waals surface area contributed by atoms with Gasteiger partial charge in [-0.2, -0.15) is 0 Å². The minimum absolute atomic E-state index is 0.0211. The summed E-state index contributed by atoms with van der Waals surface area (Å²) in [6.45, 7) is 0. The van der Waals surface area contributed by atoms with Gasteiger partial charge in [0.1, 0.15) is 0 Å². The average Bonchev–Trinajstić information content (AvgIpc) is 2.60. The highest BCUT2D eigenvalue weighted by atomic mass is 16.5. The molecule has 2 atom stereocenters. The summed E-state index contributed by atoms with van der Waals surface area (Å²) in [7, 11) is 4.88. The van der Waals surface area contributed by atoms with E-state index in [0.717, 1.165) is 16.0 Å². The fraction of sp³-hybridized carbons (Fsp3) is 0.211. The van der Waals surface area contributed by atoms with Gasteiger partial charge in [-0.1, -0.05) is 30.0 Å². The summed E-state index contributed by atoms with van der Waals surface area (Å²) in [5.74, 6) is 0.356. The highest BCUT2D eigenvalue weighted by molar-refractivity contribution is 6.11. The first-order valence-electron chi connectivity index (χ1n) is 7.74. The lowest BCUT2D eigenvalue weighted by Gasteiger charge is -2.36. The number of Topliss-reactive ketones (excluding diaryl/α,β-unsaturated/α-hetero) is 1. The Morgan fingerprint density at radius 3 is 2.42 bits per heavy atom. The second-order valence-corrected chi connectivity index (χ2v) is 6.02. The second-order valence-electron chi connectivity index (χ2n) is 6.02. The van der Waals surface area contributed by atoms with E-state index in [-0.39, 0.29) is 17.3 Å². The predicted octanol–water partition coefficient (Wildman–Crippen LogP) is 1.18. The largest absolute Gasteiger partial charge is 0.869 e. The first-order chi connectivity index (χ1) is 11.6. The maximum Gasteiger partial charge on any atom is 0.225 e. The van der Waals surface area contributed by atoms with Gasteiger partial charge in [0.05, 0.1) is 27.5 Å². The number of hydrogen-bond acceptors (Lipinski definition) is 4. The van der Waals surface area contributed by atoms with Crippen molar-refractivity contribution in [2.24, 2.45) is 0 Å². The van der Waals surface area contributed by atoms with Gasteiger partial charge in [-0.3, -0.25) is 9.69 Å². The molecule has 5 heteroatoms. The molecule has 2 aromatic rings. The number of fused-ring (bicyclic) bond motifs is 2. The molecule has 2 aromatic carbocycles. The summed E-state index contributed by atoms with van der Waals surface area (Å²) in [5, 5.41) is 13.1. The van der Waals surface area contributed by atoms with Gasteiger partial charge in [-0.15, -0.1) is 0 Å². The molecule has 0 fully saturated rings. The number of hydrogen-bond donors (Lipinski definition) is 1. The highest BCUT2D eigenvalue weighted by Gasteiger charge is 2.42. The number of rotatable bonds is 2. The normalized spacial score (nSPS) is 20.4. The Hall–Kier alpha value is -2.79. The molecule has 122 valence electrons. The summed E-state index contributed by atoms with van der Waals surface area (Å²) in [6.07, 6.45) is 3.81. The average molecular weight is 323 g/mol. The molecule has 24 heavy (non-hydrogen) atoms. The number of quaternary nitrogens is 1. The van der Waals surface area contributed by atoms with E-state index < -0.39 is 6.04 Å². The summed E-state index contributed by atoms with van der Waals surface area (Å²) in [6, 6.07) is 6.82. The van der Waals surface area contributed by atoms with Gasteiger partial charge in [0.2, 0.25) is 5.78 Å². The second kappa shape index (κ2) is 5.11. The van der Waals surface area contributed by atoms with Gasteiger partial charge in [-0.05, 0) is 11.1 Å². The first-order valence-corrected chi connectivity index (χ1v) is 7.74. The first kappa shape index (κ1) is 14.8. The smallest absolute Gasteiger partial charge is 0.225 e. The van der Waals surface area contributed by atoms with Gasteiger partial charge in [0.15, 0.2) is 17.5 Å². The molecular weight excluding hydrogens is 306 g/mol. The Balaban J connectivity index is 2.20. The van der Waals surface area contributed by atoms with Crippen molar-refractivity contribution in [1.82, 2.24) is 0 Å². The third-order valence-electron chi connectivity index (χ3n) is 4.83. The van der Waals surface area contributed by atoms with Crippen molar-refractivity contribution in [3.05, 3.63) is 47.2 Å². The quantitative estimate of drug-likeness (QED) is 0.901. The molecule has 1 heterocycles. The molecule has 0 amide bonds. The fourth-order valence-corrected chi connectivity index (χ4v) is 3.79. The summed E-state index contributed by atoms with van der Waals surface area (Å²) in [4.78, 5) is 14.0. The van der Waals surface area contributed by atoms with Crippen molar-refractivity contribution in [2.45, 2.75) is 6.04 Å². The highest BCUT2D eigenvalue weighted by Crippen LogP contribution is 2.53. The lowest BCUT2D eigenvalue weighted by atomic mass is 9.77. The van der Waals surface area contributed by atoms with Gasteiger partial charge in [0, 0.05) is 22.8 Å². The van der Waals surface area contributed by atoms with Gasteiger partial charge in [0.25, 0.3) is 0 Å². The van der Waals surface area contributed by atoms with E-state index in [0.29, 0.717) is 22.4 Å². The zero-order valence-corrected chi connectivity index (χ0v) is 13.7. The van der Waals surface area contributed by atoms with Gasteiger partial charge >= 0.3 is 0 Å². The summed E-state index contributed by atoms with van der Waals surface area (Å²) >= 11 is 0. The number of ketones is 1. The zero-order valence-electron chi connectivity index (χ0n) is 13.7. The van der Waals surface area contributed by atoms with E-state index in [9.17, 15) is 9.90 Å². The monoisotopic (exact) mass is 323 g/mol. The van der Waals surface area contributed by atoms with Crippen molar-refractivity contribution in [2.75, 3.05) is 21.3 Å². The molecule has 0 saturated heterocycles. The standard InChI is InChI=1S/C19H17NO4/c1-20-9-8-12-13-14(17(22)19(24-3)18(12)23-2)10-6-4-5-7-11(10)16(21)15(13)20/h4-9,15,22H,1-3H3. The van der Waals surface area contributed by atoms with Crippen molar-refractivity contribution in [3.8, 4) is 28.4 Å². The van der Waals surface area contributed by atoms with Crippen molar-refractivity contribution < 1.29 is 24.3 Å². The molecule has 0 spiro atoms. The molecule has 0 aromatic heterocycles. The van der Waals surface area contributed by atoms with Crippen molar-refractivity contribution in [1.29, 1.82) is 0 Å². The van der Waals surface area contributed by atoms with Crippen LogP contribution in [0.1, 0.15) is 27.5 Å². The number of carbonyl (C=O) groups is 1. The maximum absolute atomic E-state index is 13.1. The van der Waals surface area contributed by atoms with E-state index in [2.05, 4.69) is 0 Å². The fourth-order valence-electron chi connectivity index (χ4n) is 3.79. The van der Waals surface area contributed by atoms with Crippen LogP contribution in [0.5, 0.6) is 17.2 Å². The molecule has 0 radical (unpaired) electrons. The lowest BCUT2D eigenvalue weighted by Crippen LogP contribution is -3.06. The number of carbonyl (C=O) groups excluding carboxylic acids is 1. The Kier molecular flexibility index (Phi) is 3.15. The Morgan fingerprint density at radius 1 is 1.08 bits per heavy atom. The van der Waals surface area contributed by atoms with Crippen LogP contribution in [0.4, 0.5) is 0 Å². The van der Waals surface area contributed by atoms with Gasteiger partial charge in [-0.25, -0.2) is 0 Å². The van der Waals surface area contributed by atoms with E-state index in [4.69, 9.17) is 9.47 Å². The van der Waals surface area contributed by atoms with Crippen LogP contribution in [-0.4, -0.2) is 27.1 Å². The molecule has 2 aliphatic rings. The van der Waals surface area contributed by atoms with Crippen molar-refractivity contribution >= 4 is 11.9 Å². The van der Waals surface area contributed by atoms with Crippen LogP contribution in [0.2, 0.25) is 0 Å². The van der Waals surface area contributed by atoms with Crippen LogP contribution >= 0.6 is 0 Å². The molecule has 0 bridgehead atoms. The Bertz CT molecular complexity index is 901. The molecule has 5 nitrogen and oxygen atoms in total. The van der Waals surface area contributed by atoms with Crippen LogP contribution in [0.15, 0.2) is 30.5 Å². The Labute approximate surface area is 139 Å². The van der Waals surface area contributed by atoms with Crippen LogP contribution in [0.25, 0.3) is 17.2 Å². The molecule has 1 aliphatic carbocycles. The van der Waals surface area contributed by atoms with Crippen molar-refractivity contribution in [3.63, 3.8) is 0 Å². The topological polar surface area (TPSA) is 63.0 Å². The van der Waals surface area contributed by atoms with Crippen LogP contribution in [0.3, 0.4) is 0 Å². The summed E-state index contributed by atoms with van der Waals surface area (Å²) in [5.41, 5.74) is 3.29. The third-order valence-corrected chi connectivity index (χ3v) is 4.83.